The van der Waals surface area contributed by atoms with Crippen molar-refractivity contribution in [1.82, 2.24) is 4.90 Å². The van der Waals surface area contributed by atoms with Gasteiger partial charge in [-0.15, -0.1) is 0 Å². The van der Waals surface area contributed by atoms with E-state index in [-0.39, 0.29) is 0 Å². The molecule has 1 aliphatic heterocycles. The van der Waals surface area contributed by atoms with E-state index in [0.29, 0.717) is 13.2 Å². The molecule has 3 heteroatoms. The van der Waals surface area contributed by atoms with E-state index in [1.165, 1.54) is 19.3 Å². The van der Waals surface area contributed by atoms with Gasteiger partial charge >= 0.3 is 0 Å². The Hall–Kier alpha value is -0.570. The fourth-order valence-corrected chi connectivity index (χ4v) is 1.22. The van der Waals surface area contributed by atoms with Gasteiger partial charge < -0.3 is 4.74 Å². The summed E-state index contributed by atoms with van der Waals surface area (Å²) in [6.07, 6.45) is 3.79. The van der Waals surface area contributed by atoms with Crippen LogP contribution in [0.1, 0.15) is 19.3 Å². The van der Waals surface area contributed by atoms with Gasteiger partial charge in [0.2, 0.25) is 0 Å². The molecule has 1 rings (SSSR count). The third-order valence-corrected chi connectivity index (χ3v) is 1.77. The van der Waals surface area contributed by atoms with Crippen molar-refractivity contribution in [2.45, 2.75) is 19.3 Å². The maximum Gasteiger partial charge on any atom is 0.294 e. The van der Waals surface area contributed by atoms with E-state index < -0.39 is 0 Å². The minimum Gasteiger partial charge on any atom is -0.452 e. The van der Waals surface area contributed by atoms with Crippen molar-refractivity contribution in [1.29, 1.82) is 0 Å². The highest BCUT2D eigenvalue weighted by molar-refractivity contribution is 5.36. The lowest BCUT2D eigenvalue weighted by Gasteiger charge is -2.24. The van der Waals surface area contributed by atoms with Crippen LogP contribution in [0.25, 0.3) is 0 Å². The Morgan fingerprint density at radius 1 is 1.30 bits per heavy atom. The quantitative estimate of drug-likeness (QED) is 0.542. The minimum absolute atomic E-state index is 0.476. The van der Waals surface area contributed by atoms with Gasteiger partial charge in [0.05, 0.1) is 0 Å². The van der Waals surface area contributed by atoms with Crippen molar-refractivity contribution >= 4 is 6.47 Å². The van der Waals surface area contributed by atoms with E-state index >= 15 is 0 Å². The second kappa shape index (κ2) is 4.28. The van der Waals surface area contributed by atoms with Crippen molar-refractivity contribution < 1.29 is 9.53 Å². The van der Waals surface area contributed by atoms with Crippen LogP contribution < -0.4 is 0 Å². The summed E-state index contributed by atoms with van der Waals surface area (Å²) in [6.45, 7) is 3.14. The van der Waals surface area contributed by atoms with Crippen molar-refractivity contribution in [3.8, 4) is 0 Å². The van der Waals surface area contributed by atoms with Gasteiger partial charge in [0.1, 0.15) is 6.73 Å². The summed E-state index contributed by atoms with van der Waals surface area (Å²) in [4.78, 5) is 11.9. The van der Waals surface area contributed by atoms with Crippen LogP contribution in [-0.4, -0.2) is 31.2 Å². The predicted molar refractivity (Wildman–Crippen MR) is 37.4 cm³/mol. The number of carbonyl (C=O) groups is 1. The first-order valence-electron chi connectivity index (χ1n) is 3.71. The lowest BCUT2D eigenvalue weighted by atomic mass is 10.1. The molecule has 0 atom stereocenters. The Morgan fingerprint density at radius 2 is 2.00 bits per heavy atom. The summed E-state index contributed by atoms with van der Waals surface area (Å²) in [7, 11) is 0. The topological polar surface area (TPSA) is 29.5 Å². The number of carbonyl (C=O) groups excluding carboxylic acids is 1. The molecule has 0 saturated carbocycles. The standard InChI is InChI=1S/C7H13NO2/c9-7-10-6-8-4-2-1-3-5-8/h7H,1-6H2. The zero-order valence-corrected chi connectivity index (χ0v) is 6.08. The average Bonchev–Trinajstić information content (AvgIpc) is 2.03. The lowest BCUT2D eigenvalue weighted by molar-refractivity contribution is -0.133. The molecule has 0 N–H and O–H groups in total. The first kappa shape index (κ1) is 7.54. The van der Waals surface area contributed by atoms with Crippen LogP contribution in [0.4, 0.5) is 0 Å². The third-order valence-electron chi connectivity index (χ3n) is 1.77. The number of nitrogens with zero attached hydrogens (tertiary/aromatic N) is 1. The molecule has 1 heterocycles. The Balaban J connectivity index is 2.07. The first-order chi connectivity index (χ1) is 4.93. The van der Waals surface area contributed by atoms with Gasteiger partial charge in [-0.05, 0) is 12.8 Å². The molecule has 0 bridgehead atoms. The molecule has 58 valence electrons. The smallest absolute Gasteiger partial charge is 0.294 e. The summed E-state index contributed by atoms with van der Waals surface area (Å²) in [5.41, 5.74) is 0. The Morgan fingerprint density at radius 3 is 2.60 bits per heavy atom. The van der Waals surface area contributed by atoms with E-state index in [0.717, 1.165) is 13.1 Å². The second-order valence-electron chi connectivity index (χ2n) is 2.57. The van der Waals surface area contributed by atoms with Crippen LogP contribution in [0.3, 0.4) is 0 Å². The van der Waals surface area contributed by atoms with Crippen LogP contribution in [0.15, 0.2) is 0 Å². The minimum atomic E-state index is 0.476. The maximum absolute atomic E-state index is 9.80. The van der Waals surface area contributed by atoms with E-state index in [2.05, 4.69) is 9.64 Å². The average molecular weight is 143 g/mol. The molecule has 0 unspecified atom stereocenters. The number of ether oxygens (including phenoxy) is 1. The maximum atomic E-state index is 9.80. The number of piperidine rings is 1. The summed E-state index contributed by atoms with van der Waals surface area (Å²) in [5.74, 6) is 0. The first-order valence-corrected chi connectivity index (χ1v) is 3.71. The van der Waals surface area contributed by atoms with Crippen LogP contribution in [0.5, 0.6) is 0 Å². The van der Waals surface area contributed by atoms with Crippen molar-refractivity contribution in [2.24, 2.45) is 0 Å². The SMILES string of the molecule is O=COCN1CCCCC1. The Labute approximate surface area is 61.0 Å². The third kappa shape index (κ3) is 2.35. The summed E-state index contributed by atoms with van der Waals surface area (Å²) < 4.78 is 4.62. The molecule has 0 amide bonds. The predicted octanol–water partition coefficient (Wildman–Crippen LogP) is 0.603. The molecule has 10 heavy (non-hydrogen) atoms. The molecular weight excluding hydrogens is 130 g/mol. The Kier molecular flexibility index (Phi) is 3.22. The zero-order chi connectivity index (χ0) is 7.23. The molecule has 3 nitrogen and oxygen atoms in total. The van der Waals surface area contributed by atoms with Gasteiger partial charge in [0, 0.05) is 13.1 Å². The van der Waals surface area contributed by atoms with Crippen molar-refractivity contribution in [3.63, 3.8) is 0 Å². The lowest BCUT2D eigenvalue weighted by Crippen LogP contribution is -2.31. The highest BCUT2D eigenvalue weighted by Crippen LogP contribution is 2.07. The van der Waals surface area contributed by atoms with E-state index in [1.807, 2.05) is 0 Å². The normalized spacial score (nSPS) is 20.4. The van der Waals surface area contributed by atoms with Crippen LogP contribution in [-0.2, 0) is 9.53 Å². The van der Waals surface area contributed by atoms with Gasteiger partial charge in [-0.3, -0.25) is 9.69 Å². The zero-order valence-electron chi connectivity index (χ0n) is 6.08. The second-order valence-corrected chi connectivity index (χ2v) is 2.57. The van der Waals surface area contributed by atoms with Crippen molar-refractivity contribution in [2.75, 3.05) is 19.8 Å². The summed E-state index contributed by atoms with van der Waals surface area (Å²) in [6, 6.07) is 0. The largest absolute Gasteiger partial charge is 0.452 e. The molecule has 0 radical (unpaired) electrons. The number of hydrogen-bond acceptors (Lipinski definition) is 3. The fourth-order valence-electron chi connectivity index (χ4n) is 1.22. The monoisotopic (exact) mass is 143 g/mol. The van der Waals surface area contributed by atoms with Crippen LogP contribution in [0.2, 0.25) is 0 Å². The number of rotatable bonds is 3. The number of likely N-dealkylation sites (tertiary alicyclic amines) is 1. The summed E-state index contributed by atoms with van der Waals surface area (Å²) >= 11 is 0. The number of hydrogen-bond donors (Lipinski definition) is 0. The molecule has 0 aromatic rings. The molecular formula is C7H13NO2. The molecule has 0 aromatic heterocycles. The van der Waals surface area contributed by atoms with Gasteiger partial charge in [-0.2, -0.15) is 0 Å². The molecule has 1 fully saturated rings. The van der Waals surface area contributed by atoms with Crippen molar-refractivity contribution in [3.05, 3.63) is 0 Å². The molecule has 0 aliphatic carbocycles. The van der Waals surface area contributed by atoms with Crippen LogP contribution >= 0.6 is 0 Å². The molecule has 1 aliphatic rings. The van der Waals surface area contributed by atoms with Gasteiger partial charge in [0.15, 0.2) is 0 Å². The Bertz CT molecular complexity index is 99.8. The highest BCUT2D eigenvalue weighted by atomic mass is 16.5. The molecule has 0 spiro atoms. The molecule has 0 aromatic carbocycles. The highest BCUT2D eigenvalue weighted by Gasteiger charge is 2.08. The van der Waals surface area contributed by atoms with Gasteiger partial charge in [-0.25, -0.2) is 0 Å². The van der Waals surface area contributed by atoms with E-state index in [4.69, 9.17) is 0 Å². The van der Waals surface area contributed by atoms with E-state index in [9.17, 15) is 4.79 Å². The van der Waals surface area contributed by atoms with Gasteiger partial charge in [0.25, 0.3) is 6.47 Å². The van der Waals surface area contributed by atoms with Gasteiger partial charge in [-0.1, -0.05) is 6.42 Å². The fraction of sp³-hybridized carbons (Fsp3) is 0.857. The van der Waals surface area contributed by atoms with Crippen LogP contribution in [0, 0.1) is 0 Å². The molecule has 1 saturated heterocycles. The van der Waals surface area contributed by atoms with E-state index in [1.54, 1.807) is 0 Å². The summed E-state index contributed by atoms with van der Waals surface area (Å²) in [5, 5.41) is 0.